The molecule has 0 spiro atoms. The molecule has 0 saturated heterocycles. The minimum absolute atomic E-state index is 0.126. The third kappa shape index (κ3) is 1.82. The Morgan fingerprint density at radius 1 is 1.44 bits per heavy atom. The van der Waals surface area contributed by atoms with E-state index in [1.807, 2.05) is 0 Å². The summed E-state index contributed by atoms with van der Waals surface area (Å²) in [4.78, 5) is 18.6. The van der Waals surface area contributed by atoms with E-state index in [1.54, 1.807) is 12.1 Å². The van der Waals surface area contributed by atoms with Crippen molar-refractivity contribution in [2.45, 2.75) is 18.8 Å². The van der Waals surface area contributed by atoms with Gasteiger partial charge in [0.25, 0.3) is 5.56 Å². The second-order valence-electron chi connectivity index (χ2n) is 3.89. The van der Waals surface area contributed by atoms with Crippen LogP contribution in [0, 0.1) is 0 Å². The maximum absolute atomic E-state index is 11.5. The van der Waals surface area contributed by atoms with Crippen LogP contribution in [0.5, 0.6) is 0 Å². The highest BCUT2D eigenvalue weighted by Crippen LogP contribution is 2.38. The number of aromatic nitrogens is 2. The first-order chi connectivity index (χ1) is 7.72. The third-order valence-corrected chi connectivity index (χ3v) is 2.98. The van der Waals surface area contributed by atoms with Crippen molar-refractivity contribution in [3.05, 3.63) is 39.0 Å². The molecule has 0 aliphatic heterocycles. The summed E-state index contributed by atoms with van der Waals surface area (Å²) in [5, 5.41) is 0. The van der Waals surface area contributed by atoms with E-state index in [-0.39, 0.29) is 5.56 Å². The molecule has 82 valence electrons. The highest BCUT2D eigenvalue weighted by atomic mass is 79.9. The number of H-pyrrole nitrogens is 1. The largest absolute Gasteiger partial charge is 0.448 e. The lowest BCUT2D eigenvalue weighted by atomic mass is 10.3. The Labute approximate surface area is 99.8 Å². The molecule has 5 heteroatoms. The second-order valence-corrected chi connectivity index (χ2v) is 4.68. The zero-order valence-corrected chi connectivity index (χ0v) is 9.95. The topological polar surface area (TPSA) is 58.9 Å². The fourth-order valence-corrected chi connectivity index (χ4v) is 1.91. The first-order valence-electron chi connectivity index (χ1n) is 5.09. The van der Waals surface area contributed by atoms with E-state index >= 15 is 0 Å². The lowest BCUT2D eigenvalue weighted by Gasteiger charge is -2.00. The van der Waals surface area contributed by atoms with Crippen LogP contribution in [0.15, 0.2) is 32.1 Å². The quantitative estimate of drug-likeness (QED) is 0.920. The predicted molar refractivity (Wildman–Crippen MR) is 62.2 cm³/mol. The maximum atomic E-state index is 11.5. The second kappa shape index (κ2) is 3.59. The number of hydrogen-bond acceptors (Lipinski definition) is 3. The van der Waals surface area contributed by atoms with Gasteiger partial charge < -0.3 is 9.40 Å². The minimum Gasteiger partial charge on any atom is -0.448 e. The highest BCUT2D eigenvalue weighted by Gasteiger charge is 2.26. The number of rotatable bonds is 2. The average molecular weight is 281 g/mol. The van der Waals surface area contributed by atoms with Gasteiger partial charge in [-0.05, 0) is 40.9 Å². The lowest BCUT2D eigenvalue weighted by Crippen LogP contribution is -2.10. The molecule has 4 nitrogen and oxygen atoms in total. The van der Waals surface area contributed by atoms with Gasteiger partial charge in [-0.25, -0.2) is 4.98 Å². The summed E-state index contributed by atoms with van der Waals surface area (Å²) in [5.74, 6) is 1.81. The molecule has 2 aromatic heterocycles. The SMILES string of the molecule is O=c1cc(-c2ccc(Br)o2)nc(C2CC2)[nH]1. The smallest absolute Gasteiger partial charge is 0.251 e. The summed E-state index contributed by atoms with van der Waals surface area (Å²) in [6.45, 7) is 0. The van der Waals surface area contributed by atoms with Crippen LogP contribution in [-0.2, 0) is 0 Å². The molecule has 0 unspecified atom stereocenters. The van der Waals surface area contributed by atoms with E-state index in [4.69, 9.17) is 4.42 Å². The van der Waals surface area contributed by atoms with Gasteiger partial charge in [0.15, 0.2) is 10.4 Å². The van der Waals surface area contributed by atoms with Gasteiger partial charge >= 0.3 is 0 Å². The molecule has 1 fully saturated rings. The van der Waals surface area contributed by atoms with Crippen molar-refractivity contribution in [2.24, 2.45) is 0 Å². The lowest BCUT2D eigenvalue weighted by molar-refractivity contribution is 0.553. The van der Waals surface area contributed by atoms with Crippen molar-refractivity contribution in [3.63, 3.8) is 0 Å². The monoisotopic (exact) mass is 280 g/mol. The standard InChI is InChI=1S/C11H9BrN2O2/c12-9-4-3-8(16-9)7-5-10(15)14-11(13-7)6-1-2-6/h3-6H,1-2H2,(H,13,14,15). The normalized spacial score (nSPS) is 15.3. The summed E-state index contributed by atoms with van der Waals surface area (Å²) < 4.78 is 6.02. The predicted octanol–water partition coefficient (Wildman–Crippen LogP) is 2.67. The Morgan fingerprint density at radius 3 is 2.88 bits per heavy atom. The van der Waals surface area contributed by atoms with Crippen LogP contribution in [0.1, 0.15) is 24.6 Å². The maximum Gasteiger partial charge on any atom is 0.251 e. The van der Waals surface area contributed by atoms with E-state index in [9.17, 15) is 4.79 Å². The van der Waals surface area contributed by atoms with E-state index in [2.05, 4.69) is 25.9 Å². The molecule has 1 aliphatic carbocycles. The third-order valence-electron chi connectivity index (χ3n) is 2.55. The summed E-state index contributed by atoms with van der Waals surface area (Å²) >= 11 is 3.23. The van der Waals surface area contributed by atoms with Crippen molar-refractivity contribution in [1.82, 2.24) is 9.97 Å². The van der Waals surface area contributed by atoms with Crippen molar-refractivity contribution in [3.8, 4) is 11.5 Å². The molecule has 2 heterocycles. The number of furan rings is 1. The van der Waals surface area contributed by atoms with Gasteiger partial charge in [-0.1, -0.05) is 0 Å². The fourth-order valence-electron chi connectivity index (χ4n) is 1.60. The Bertz CT molecular complexity index is 584. The van der Waals surface area contributed by atoms with E-state index < -0.39 is 0 Å². The van der Waals surface area contributed by atoms with Crippen LogP contribution in [-0.4, -0.2) is 9.97 Å². The summed E-state index contributed by atoms with van der Waals surface area (Å²) in [5.41, 5.74) is 0.468. The van der Waals surface area contributed by atoms with E-state index in [1.165, 1.54) is 6.07 Å². The van der Waals surface area contributed by atoms with Crippen LogP contribution in [0.25, 0.3) is 11.5 Å². The number of aromatic amines is 1. The van der Waals surface area contributed by atoms with Crippen molar-refractivity contribution < 1.29 is 4.42 Å². The first kappa shape index (κ1) is 9.84. The molecule has 1 saturated carbocycles. The Morgan fingerprint density at radius 2 is 2.25 bits per heavy atom. The molecule has 0 atom stereocenters. The van der Waals surface area contributed by atoms with Crippen LogP contribution >= 0.6 is 15.9 Å². The van der Waals surface area contributed by atoms with Gasteiger partial charge in [0, 0.05) is 12.0 Å². The number of halogens is 1. The van der Waals surface area contributed by atoms with Crippen LogP contribution in [0.2, 0.25) is 0 Å². The molecule has 2 aromatic rings. The van der Waals surface area contributed by atoms with E-state index in [0.717, 1.165) is 18.7 Å². The molecule has 0 aromatic carbocycles. The van der Waals surface area contributed by atoms with Gasteiger partial charge in [0.2, 0.25) is 0 Å². The molecule has 16 heavy (non-hydrogen) atoms. The molecule has 0 radical (unpaired) electrons. The Kier molecular flexibility index (Phi) is 2.21. The zero-order chi connectivity index (χ0) is 11.1. The van der Waals surface area contributed by atoms with E-state index in [0.29, 0.717) is 22.0 Å². The molecule has 1 aliphatic rings. The van der Waals surface area contributed by atoms with Gasteiger partial charge in [-0.2, -0.15) is 0 Å². The van der Waals surface area contributed by atoms with Crippen molar-refractivity contribution >= 4 is 15.9 Å². The summed E-state index contributed by atoms with van der Waals surface area (Å²) in [6, 6.07) is 5.04. The van der Waals surface area contributed by atoms with Crippen molar-refractivity contribution in [2.75, 3.05) is 0 Å². The van der Waals surface area contributed by atoms with Gasteiger partial charge in [-0.3, -0.25) is 4.79 Å². The van der Waals surface area contributed by atoms with Crippen molar-refractivity contribution in [1.29, 1.82) is 0 Å². The van der Waals surface area contributed by atoms with Crippen LogP contribution in [0.3, 0.4) is 0 Å². The van der Waals surface area contributed by atoms with Crippen LogP contribution < -0.4 is 5.56 Å². The zero-order valence-electron chi connectivity index (χ0n) is 8.37. The molecular weight excluding hydrogens is 272 g/mol. The molecule has 0 amide bonds. The minimum atomic E-state index is -0.126. The molecular formula is C11H9BrN2O2. The van der Waals surface area contributed by atoms with Gasteiger partial charge in [-0.15, -0.1) is 0 Å². The molecule has 1 N–H and O–H groups in total. The number of hydrogen-bond donors (Lipinski definition) is 1. The number of nitrogens with zero attached hydrogens (tertiary/aromatic N) is 1. The number of nitrogens with one attached hydrogen (secondary N) is 1. The summed E-state index contributed by atoms with van der Waals surface area (Å²) in [6.07, 6.45) is 2.21. The average Bonchev–Trinajstić information content (AvgIpc) is 3.01. The highest BCUT2D eigenvalue weighted by molar-refractivity contribution is 9.10. The Hall–Kier alpha value is -1.36. The van der Waals surface area contributed by atoms with Crippen LogP contribution in [0.4, 0.5) is 0 Å². The first-order valence-corrected chi connectivity index (χ1v) is 5.88. The molecule has 0 bridgehead atoms. The molecule has 3 rings (SSSR count). The summed E-state index contributed by atoms with van der Waals surface area (Å²) in [7, 11) is 0. The fraction of sp³-hybridized carbons (Fsp3) is 0.273. The van der Waals surface area contributed by atoms with Gasteiger partial charge in [0.1, 0.15) is 11.5 Å². The Balaban J connectivity index is 2.09. The van der Waals surface area contributed by atoms with Gasteiger partial charge in [0.05, 0.1) is 0 Å².